The zero-order valence-electron chi connectivity index (χ0n) is 16.3. The topological polar surface area (TPSA) is 52.5 Å². The molecule has 0 aliphatic carbocycles. The molecule has 1 N–H and O–H groups in total. The van der Waals surface area contributed by atoms with E-state index in [9.17, 15) is 4.79 Å². The molecule has 0 bridgehead atoms. The minimum Gasteiger partial charge on any atom is -0.490 e. The van der Waals surface area contributed by atoms with E-state index in [1.165, 1.54) is 0 Å². The lowest BCUT2D eigenvalue weighted by molar-refractivity contribution is 0.0941. The van der Waals surface area contributed by atoms with Gasteiger partial charge in [-0.3, -0.25) is 4.79 Å². The molecule has 0 spiro atoms. The average molecular weight is 366 g/mol. The lowest BCUT2D eigenvalue weighted by Gasteiger charge is -2.17. The molecule has 0 unspecified atom stereocenters. The first-order valence-electron chi connectivity index (χ1n) is 9.29. The summed E-state index contributed by atoms with van der Waals surface area (Å²) in [6.45, 7) is 6.98. The number of amides is 1. The van der Waals surface area contributed by atoms with Crippen molar-refractivity contribution in [3.63, 3.8) is 0 Å². The number of aryl methyl sites for hydroxylation is 1. The molecule has 0 aliphatic heterocycles. The second-order valence-electron chi connectivity index (χ2n) is 6.44. The van der Waals surface area contributed by atoms with Gasteiger partial charge in [-0.15, -0.1) is 0 Å². The van der Waals surface area contributed by atoms with Gasteiger partial charge in [-0.05, 0) is 44.5 Å². The van der Waals surface area contributed by atoms with E-state index in [1.54, 1.807) is 0 Å². The van der Waals surface area contributed by atoms with Crippen molar-refractivity contribution in [2.75, 3.05) is 13.2 Å². The number of hydrogen-bond acceptors (Lipinski definition) is 3. The quantitative estimate of drug-likeness (QED) is 0.671. The maximum atomic E-state index is 12.9. The summed E-state index contributed by atoms with van der Waals surface area (Å²) >= 11 is 0. The van der Waals surface area contributed by atoms with Crippen molar-refractivity contribution in [2.24, 2.45) is 7.05 Å². The molecule has 142 valence electrons. The van der Waals surface area contributed by atoms with Crippen molar-refractivity contribution in [1.29, 1.82) is 0 Å². The van der Waals surface area contributed by atoms with E-state index in [4.69, 9.17) is 9.47 Å². The predicted octanol–water partition coefficient (Wildman–Crippen LogP) is 4.47. The Labute approximate surface area is 159 Å². The largest absolute Gasteiger partial charge is 0.490 e. The fourth-order valence-corrected chi connectivity index (χ4v) is 3.22. The minimum atomic E-state index is -0.161. The number of nitrogens with one attached hydrogen (secondary N) is 1. The van der Waals surface area contributed by atoms with Gasteiger partial charge in [0.1, 0.15) is 0 Å². The first kappa shape index (κ1) is 18.8. The summed E-state index contributed by atoms with van der Waals surface area (Å²) in [6.07, 6.45) is 1.87. The third-order valence-electron chi connectivity index (χ3n) is 4.56. The molecule has 0 aliphatic rings. The van der Waals surface area contributed by atoms with E-state index in [2.05, 4.69) is 5.32 Å². The molecule has 0 saturated heterocycles. The molecule has 1 aromatic heterocycles. The van der Waals surface area contributed by atoms with E-state index in [0.29, 0.717) is 24.5 Å². The average Bonchev–Trinajstić information content (AvgIpc) is 3.01. The van der Waals surface area contributed by atoms with Gasteiger partial charge >= 0.3 is 0 Å². The molecule has 1 amide bonds. The number of carbonyl (C=O) groups excluding carboxylic acids is 1. The van der Waals surface area contributed by atoms with Gasteiger partial charge in [0.05, 0.1) is 24.8 Å². The van der Waals surface area contributed by atoms with E-state index in [1.807, 2.05) is 81.0 Å². The van der Waals surface area contributed by atoms with Gasteiger partial charge in [0, 0.05) is 24.1 Å². The van der Waals surface area contributed by atoms with Crippen molar-refractivity contribution in [3.05, 3.63) is 59.8 Å². The van der Waals surface area contributed by atoms with Gasteiger partial charge in [0.25, 0.3) is 5.91 Å². The maximum Gasteiger partial charge on any atom is 0.253 e. The Morgan fingerprint density at radius 1 is 1.07 bits per heavy atom. The SMILES string of the molecule is CCOc1ccc([C@@H](C)NC(=O)c2cn(C)c3ccccc23)cc1OCC. The Kier molecular flexibility index (Phi) is 5.69. The number of ether oxygens (including phenoxy) is 2. The highest BCUT2D eigenvalue weighted by Gasteiger charge is 2.17. The van der Waals surface area contributed by atoms with Crippen molar-refractivity contribution in [2.45, 2.75) is 26.8 Å². The van der Waals surface area contributed by atoms with E-state index in [0.717, 1.165) is 22.2 Å². The summed E-state index contributed by atoms with van der Waals surface area (Å²) in [7, 11) is 1.95. The van der Waals surface area contributed by atoms with Gasteiger partial charge in [0.2, 0.25) is 0 Å². The van der Waals surface area contributed by atoms with Crippen LogP contribution in [0.1, 0.15) is 42.7 Å². The van der Waals surface area contributed by atoms with Gasteiger partial charge in [-0.25, -0.2) is 0 Å². The van der Waals surface area contributed by atoms with Crippen molar-refractivity contribution in [1.82, 2.24) is 9.88 Å². The number of nitrogens with zero attached hydrogens (tertiary/aromatic N) is 1. The van der Waals surface area contributed by atoms with Gasteiger partial charge in [-0.1, -0.05) is 24.3 Å². The minimum absolute atomic E-state index is 0.0915. The lowest BCUT2D eigenvalue weighted by Crippen LogP contribution is -2.26. The summed E-state index contributed by atoms with van der Waals surface area (Å²) in [5.74, 6) is 1.32. The maximum absolute atomic E-state index is 12.9. The van der Waals surface area contributed by atoms with Gasteiger partial charge < -0.3 is 19.4 Å². The second-order valence-corrected chi connectivity index (χ2v) is 6.44. The number of carbonyl (C=O) groups is 1. The van der Waals surface area contributed by atoms with Gasteiger partial charge in [-0.2, -0.15) is 0 Å². The Hall–Kier alpha value is -2.95. The van der Waals surface area contributed by atoms with Gasteiger partial charge in [0.15, 0.2) is 11.5 Å². The molecule has 5 heteroatoms. The Morgan fingerprint density at radius 2 is 1.78 bits per heavy atom. The molecule has 5 nitrogen and oxygen atoms in total. The summed E-state index contributed by atoms with van der Waals surface area (Å²) in [5, 5.41) is 4.04. The Balaban J connectivity index is 1.82. The molecule has 0 saturated carbocycles. The molecule has 0 fully saturated rings. The van der Waals surface area contributed by atoms with Crippen LogP contribution in [0.25, 0.3) is 10.9 Å². The molecule has 3 aromatic rings. The van der Waals surface area contributed by atoms with Crippen LogP contribution >= 0.6 is 0 Å². The molecule has 0 radical (unpaired) electrons. The predicted molar refractivity (Wildman–Crippen MR) is 108 cm³/mol. The second kappa shape index (κ2) is 8.16. The third kappa shape index (κ3) is 3.92. The number of aromatic nitrogens is 1. The number of para-hydroxylation sites is 1. The number of fused-ring (bicyclic) bond motifs is 1. The van der Waals surface area contributed by atoms with Crippen LogP contribution in [-0.2, 0) is 7.05 Å². The highest BCUT2D eigenvalue weighted by Crippen LogP contribution is 2.31. The molecule has 3 rings (SSSR count). The summed E-state index contributed by atoms with van der Waals surface area (Å²) in [5.41, 5.74) is 2.68. The standard InChI is InChI=1S/C22H26N2O3/c1-5-26-20-12-11-16(13-21(20)27-6-2)15(3)23-22(25)18-14-24(4)19-10-8-7-9-17(18)19/h7-15H,5-6H2,1-4H3,(H,23,25)/t15-/m1/s1. The summed E-state index contributed by atoms with van der Waals surface area (Å²) in [4.78, 5) is 12.9. The zero-order chi connectivity index (χ0) is 19.4. The summed E-state index contributed by atoms with van der Waals surface area (Å²) in [6, 6.07) is 13.5. The van der Waals surface area contributed by atoms with E-state index < -0.39 is 0 Å². The molecular weight excluding hydrogens is 340 g/mol. The number of benzene rings is 2. The van der Waals surface area contributed by atoms with Crippen LogP contribution in [0.3, 0.4) is 0 Å². The highest BCUT2D eigenvalue weighted by molar-refractivity contribution is 6.07. The van der Waals surface area contributed by atoms with Crippen LogP contribution in [0.15, 0.2) is 48.7 Å². The zero-order valence-corrected chi connectivity index (χ0v) is 16.3. The van der Waals surface area contributed by atoms with Crippen LogP contribution in [0.5, 0.6) is 11.5 Å². The molecule has 1 atom stereocenters. The van der Waals surface area contributed by atoms with Crippen molar-refractivity contribution in [3.8, 4) is 11.5 Å². The van der Waals surface area contributed by atoms with Crippen LogP contribution in [0.4, 0.5) is 0 Å². The Morgan fingerprint density at radius 3 is 2.52 bits per heavy atom. The normalized spacial score (nSPS) is 12.0. The fraction of sp³-hybridized carbons (Fsp3) is 0.318. The smallest absolute Gasteiger partial charge is 0.253 e. The monoisotopic (exact) mass is 366 g/mol. The van der Waals surface area contributed by atoms with Crippen LogP contribution in [0.2, 0.25) is 0 Å². The van der Waals surface area contributed by atoms with Crippen LogP contribution in [0, 0.1) is 0 Å². The molecule has 2 aromatic carbocycles. The summed E-state index contributed by atoms with van der Waals surface area (Å²) < 4.78 is 13.3. The van der Waals surface area contributed by atoms with E-state index >= 15 is 0 Å². The highest BCUT2D eigenvalue weighted by atomic mass is 16.5. The van der Waals surface area contributed by atoms with Crippen molar-refractivity contribution < 1.29 is 14.3 Å². The molecule has 1 heterocycles. The van der Waals surface area contributed by atoms with Crippen LogP contribution < -0.4 is 14.8 Å². The lowest BCUT2D eigenvalue weighted by atomic mass is 10.1. The Bertz CT molecular complexity index is 946. The molecule has 27 heavy (non-hydrogen) atoms. The first-order valence-corrected chi connectivity index (χ1v) is 9.29. The van der Waals surface area contributed by atoms with Crippen molar-refractivity contribution >= 4 is 16.8 Å². The fourth-order valence-electron chi connectivity index (χ4n) is 3.22. The van der Waals surface area contributed by atoms with Crippen LogP contribution in [-0.4, -0.2) is 23.7 Å². The number of hydrogen-bond donors (Lipinski definition) is 1. The number of rotatable bonds is 7. The molecular formula is C22H26N2O3. The third-order valence-corrected chi connectivity index (χ3v) is 4.56. The first-order chi connectivity index (χ1) is 13.0. The van der Waals surface area contributed by atoms with E-state index in [-0.39, 0.29) is 11.9 Å².